The van der Waals surface area contributed by atoms with Crippen molar-refractivity contribution in [2.75, 3.05) is 38.1 Å². The van der Waals surface area contributed by atoms with Crippen LogP contribution in [0.1, 0.15) is 15.9 Å². The van der Waals surface area contributed by atoms with Gasteiger partial charge >= 0.3 is 0 Å². The summed E-state index contributed by atoms with van der Waals surface area (Å²) in [5.41, 5.74) is 0.989. The van der Waals surface area contributed by atoms with Crippen LogP contribution >= 0.6 is 11.6 Å². The molecule has 1 saturated heterocycles. The number of nitrogens with zero attached hydrogens (tertiary/aromatic N) is 4. The second kappa shape index (κ2) is 13.1. The van der Waals surface area contributed by atoms with Crippen LogP contribution in [0.2, 0.25) is 5.02 Å². The number of anilines is 1. The lowest BCUT2D eigenvalue weighted by Crippen LogP contribution is -2.56. The highest BCUT2D eigenvalue weighted by atomic mass is 35.5. The molecule has 1 atom stereocenters. The minimum absolute atomic E-state index is 0.0562. The number of carbonyl (C=O) groups excluding carboxylic acids is 4. The van der Waals surface area contributed by atoms with Gasteiger partial charge in [-0.15, -0.1) is 0 Å². The monoisotopic (exact) mass is 577 g/mol. The molecule has 3 aromatic rings. The summed E-state index contributed by atoms with van der Waals surface area (Å²) in [5.74, 6) is -2.00. The van der Waals surface area contributed by atoms with Crippen LogP contribution in [-0.2, 0) is 20.8 Å². The Morgan fingerprint density at radius 1 is 1.00 bits per heavy atom. The van der Waals surface area contributed by atoms with Gasteiger partial charge in [-0.2, -0.15) is 0 Å². The fourth-order valence-electron chi connectivity index (χ4n) is 4.52. The predicted molar refractivity (Wildman–Crippen MR) is 153 cm³/mol. The molecular formula is C29H28ClN5O6. The number of hydrogen-bond acceptors (Lipinski definition) is 6. The quantitative estimate of drug-likeness (QED) is 0.307. The second-order valence-corrected chi connectivity index (χ2v) is 9.94. The van der Waals surface area contributed by atoms with Crippen LogP contribution in [-0.4, -0.2) is 77.6 Å². The maximum Gasteiger partial charge on any atom is 0.282 e. The van der Waals surface area contributed by atoms with Crippen molar-refractivity contribution in [3.05, 3.63) is 105 Å². The number of amides is 4. The zero-order valence-corrected chi connectivity index (χ0v) is 23.0. The Labute approximate surface area is 241 Å². The molecule has 4 amide bonds. The third-order valence-corrected chi connectivity index (χ3v) is 6.98. The third-order valence-electron chi connectivity index (χ3n) is 6.73. The SMILES string of the molecule is CN(C(=O)[C@H](Cc1ccccc1)NC(=O)CN1CCN(C(=O)c2ccccc2[N+](=O)[O-])CC1=O)c1ccc(Cl)cc1. The molecule has 0 radical (unpaired) electrons. The molecule has 11 nitrogen and oxygen atoms in total. The first-order chi connectivity index (χ1) is 19.6. The lowest BCUT2D eigenvalue weighted by Gasteiger charge is -2.34. The smallest absolute Gasteiger partial charge is 0.282 e. The lowest BCUT2D eigenvalue weighted by molar-refractivity contribution is -0.385. The molecule has 212 valence electrons. The lowest BCUT2D eigenvalue weighted by atomic mass is 10.0. The van der Waals surface area contributed by atoms with E-state index in [-0.39, 0.29) is 49.8 Å². The summed E-state index contributed by atoms with van der Waals surface area (Å²) in [4.78, 5) is 66.9. The van der Waals surface area contributed by atoms with E-state index in [2.05, 4.69) is 5.32 Å². The molecule has 41 heavy (non-hydrogen) atoms. The van der Waals surface area contributed by atoms with E-state index in [0.717, 1.165) is 5.56 Å². The van der Waals surface area contributed by atoms with E-state index in [1.165, 1.54) is 39.0 Å². The van der Waals surface area contributed by atoms with Gasteiger partial charge in [-0.25, -0.2) is 0 Å². The van der Waals surface area contributed by atoms with Crippen molar-refractivity contribution in [2.45, 2.75) is 12.5 Å². The van der Waals surface area contributed by atoms with Gasteiger partial charge < -0.3 is 20.0 Å². The van der Waals surface area contributed by atoms with Gasteiger partial charge in [-0.3, -0.25) is 29.3 Å². The van der Waals surface area contributed by atoms with E-state index in [0.29, 0.717) is 10.7 Å². The van der Waals surface area contributed by atoms with Crippen LogP contribution in [0.3, 0.4) is 0 Å². The van der Waals surface area contributed by atoms with Crippen LogP contribution in [0.25, 0.3) is 0 Å². The second-order valence-electron chi connectivity index (χ2n) is 9.50. The van der Waals surface area contributed by atoms with E-state index in [4.69, 9.17) is 11.6 Å². The van der Waals surface area contributed by atoms with Crippen molar-refractivity contribution in [2.24, 2.45) is 0 Å². The summed E-state index contributed by atoms with van der Waals surface area (Å²) in [7, 11) is 1.60. The Morgan fingerprint density at radius 3 is 2.32 bits per heavy atom. The first-order valence-corrected chi connectivity index (χ1v) is 13.2. The summed E-state index contributed by atoms with van der Waals surface area (Å²) < 4.78 is 0. The summed E-state index contributed by atoms with van der Waals surface area (Å²) in [5, 5.41) is 14.6. The normalized spacial score (nSPS) is 13.9. The molecule has 0 unspecified atom stereocenters. The van der Waals surface area contributed by atoms with Crippen LogP contribution < -0.4 is 10.2 Å². The Hall–Kier alpha value is -4.77. The summed E-state index contributed by atoms with van der Waals surface area (Å²) in [6.45, 7) is -0.490. The highest BCUT2D eigenvalue weighted by Gasteiger charge is 2.33. The summed E-state index contributed by atoms with van der Waals surface area (Å²) in [6.07, 6.45) is 0.232. The van der Waals surface area contributed by atoms with Crippen molar-refractivity contribution in [1.82, 2.24) is 15.1 Å². The van der Waals surface area contributed by atoms with Gasteiger partial charge in [-0.1, -0.05) is 54.1 Å². The molecule has 0 spiro atoms. The van der Waals surface area contributed by atoms with Crippen molar-refractivity contribution in [3.8, 4) is 0 Å². The molecule has 1 aliphatic rings. The maximum atomic E-state index is 13.5. The van der Waals surface area contributed by atoms with Crippen LogP contribution in [0, 0.1) is 10.1 Å². The number of rotatable bonds is 9. The molecule has 3 aromatic carbocycles. The van der Waals surface area contributed by atoms with E-state index in [1.807, 2.05) is 30.3 Å². The average molecular weight is 578 g/mol. The third kappa shape index (κ3) is 7.25. The van der Waals surface area contributed by atoms with Gasteiger partial charge in [0.2, 0.25) is 17.7 Å². The highest BCUT2D eigenvalue weighted by Crippen LogP contribution is 2.21. The number of nitro benzene ring substituents is 1. The first-order valence-electron chi connectivity index (χ1n) is 12.8. The summed E-state index contributed by atoms with van der Waals surface area (Å²) >= 11 is 5.97. The van der Waals surface area contributed by atoms with Crippen LogP contribution in [0.5, 0.6) is 0 Å². The molecule has 0 saturated carbocycles. The molecule has 0 aliphatic carbocycles. The molecule has 1 aliphatic heterocycles. The zero-order chi connectivity index (χ0) is 29.5. The Balaban J connectivity index is 1.41. The minimum Gasteiger partial charge on any atom is -0.342 e. The van der Waals surface area contributed by atoms with Crippen molar-refractivity contribution in [1.29, 1.82) is 0 Å². The molecule has 1 heterocycles. The van der Waals surface area contributed by atoms with Gasteiger partial charge in [0, 0.05) is 43.3 Å². The molecule has 0 aromatic heterocycles. The Bertz CT molecular complexity index is 1450. The minimum atomic E-state index is -0.915. The number of carbonyl (C=O) groups is 4. The zero-order valence-electron chi connectivity index (χ0n) is 22.2. The van der Waals surface area contributed by atoms with Crippen molar-refractivity contribution < 1.29 is 24.1 Å². The summed E-state index contributed by atoms with van der Waals surface area (Å²) in [6, 6.07) is 20.6. The van der Waals surface area contributed by atoms with Gasteiger partial charge in [0.05, 0.1) is 11.5 Å². The molecular weight excluding hydrogens is 550 g/mol. The highest BCUT2D eigenvalue weighted by molar-refractivity contribution is 6.30. The molecule has 12 heteroatoms. The largest absolute Gasteiger partial charge is 0.342 e. The standard InChI is InChI=1S/C29H28ClN5O6/c1-32(22-13-11-21(30)12-14-22)29(39)24(17-20-7-3-2-4-8-20)31-26(36)18-33-15-16-34(19-27(33)37)28(38)23-9-5-6-10-25(23)35(40)41/h2-14,24H,15-19H2,1H3,(H,31,36)/t24-/m0/s1. The molecule has 1 fully saturated rings. The molecule has 4 rings (SSSR count). The van der Waals surface area contributed by atoms with Gasteiger partial charge in [0.25, 0.3) is 11.6 Å². The predicted octanol–water partition coefficient (Wildman–Crippen LogP) is 2.92. The van der Waals surface area contributed by atoms with Crippen LogP contribution in [0.4, 0.5) is 11.4 Å². The fraction of sp³-hybridized carbons (Fsp3) is 0.241. The van der Waals surface area contributed by atoms with Crippen molar-refractivity contribution in [3.63, 3.8) is 0 Å². The van der Waals surface area contributed by atoms with Crippen molar-refractivity contribution >= 4 is 46.6 Å². The molecule has 0 bridgehead atoms. The van der Waals surface area contributed by atoms with E-state index < -0.39 is 28.7 Å². The topological polar surface area (TPSA) is 133 Å². The number of hydrogen-bond donors (Lipinski definition) is 1. The number of benzene rings is 3. The maximum absolute atomic E-state index is 13.5. The number of nitro groups is 1. The van der Waals surface area contributed by atoms with Crippen LogP contribution in [0.15, 0.2) is 78.9 Å². The van der Waals surface area contributed by atoms with Gasteiger partial charge in [0.15, 0.2) is 0 Å². The van der Waals surface area contributed by atoms with E-state index >= 15 is 0 Å². The number of para-hydroxylation sites is 1. The van der Waals surface area contributed by atoms with Gasteiger partial charge in [0.1, 0.15) is 18.2 Å². The first kappa shape index (κ1) is 29.2. The van der Waals surface area contributed by atoms with E-state index in [1.54, 1.807) is 31.3 Å². The number of halogens is 1. The molecule has 1 N–H and O–H groups in total. The Kier molecular flexibility index (Phi) is 9.30. The Morgan fingerprint density at radius 2 is 1.66 bits per heavy atom. The van der Waals surface area contributed by atoms with E-state index in [9.17, 15) is 29.3 Å². The number of piperazine rings is 1. The average Bonchev–Trinajstić information content (AvgIpc) is 2.97. The van der Waals surface area contributed by atoms with Gasteiger partial charge in [-0.05, 0) is 35.9 Å². The number of nitrogens with one attached hydrogen (secondary N) is 1. The fourth-order valence-corrected chi connectivity index (χ4v) is 4.65. The number of likely N-dealkylation sites (N-methyl/N-ethyl adjacent to an activating group) is 1.